The van der Waals surface area contributed by atoms with Gasteiger partial charge >= 0.3 is 12.2 Å². The number of nitro groups is 1. The lowest BCUT2D eigenvalue weighted by Gasteiger charge is -2.10. The molecule has 0 unspecified atom stereocenters. The minimum atomic E-state index is -5.12. The fourth-order valence-corrected chi connectivity index (χ4v) is 1.23. The predicted octanol–water partition coefficient (Wildman–Crippen LogP) is 2.28. The summed E-state index contributed by atoms with van der Waals surface area (Å²) in [6.07, 6.45) is -5.12. The normalized spacial score (nSPS) is 11.0. The Kier molecular flexibility index (Phi) is 4.14. The maximum Gasteiger partial charge on any atom is 0.573 e. The van der Waals surface area contributed by atoms with Crippen LogP contribution < -0.4 is 9.47 Å². The topological polar surface area (TPSA) is 91.6 Å². The summed E-state index contributed by atoms with van der Waals surface area (Å²) in [7, 11) is 0.976. The van der Waals surface area contributed by atoms with Crippen molar-refractivity contribution in [2.24, 2.45) is 0 Å². The Labute approximate surface area is 108 Å². The standard InChI is InChI=1S/C8H4ClF3N2O5/c1-18-4-2-3(19-8(10,11)12)5(6(9)15)13-7(4)14(16)17/h2H,1H3. The van der Waals surface area contributed by atoms with Crippen molar-refractivity contribution in [3.8, 4) is 11.5 Å². The number of halogens is 4. The number of carbonyl (C=O) groups excluding carboxylic acids is 1. The highest BCUT2D eigenvalue weighted by Gasteiger charge is 2.36. The Balaban J connectivity index is 3.45. The summed E-state index contributed by atoms with van der Waals surface area (Å²) < 4.78 is 44.3. The van der Waals surface area contributed by atoms with Gasteiger partial charge in [0.2, 0.25) is 5.75 Å². The molecule has 0 fully saturated rings. The van der Waals surface area contributed by atoms with Gasteiger partial charge in [0.1, 0.15) is 0 Å². The van der Waals surface area contributed by atoms with E-state index in [9.17, 15) is 28.1 Å². The van der Waals surface area contributed by atoms with E-state index < -0.39 is 39.5 Å². The minimum absolute atomic E-state index is 0.508. The highest BCUT2D eigenvalue weighted by Crippen LogP contribution is 2.34. The molecule has 0 N–H and O–H groups in total. The van der Waals surface area contributed by atoms with Gasteiger partial charge < -0.3 is 19.6 Å². The molecule has 0 saturated heterocycles. The lowest BCUT2D eigenvalue weighted by Crippen LogP contribution is -2.19. The first-order valence-corrected chi connectivity index (χ1v) is 4.72. The number of alkyl halides is 3. The molecule has 19 heavy (non-hydrogen) atoms. The Morgan fingerprint density at radius 3 is 2.42 bits per heavy atom. The van der Waals surface area contributed by atoms with Crippen molar-refractivity contribution in [2.45, 2.75) is 6.36 Å². The second-order valence-electron chi connectivity index (χ2n) is 2.94. The van der Waals surface area contributed by atoms with Crippen molar-refractivity contribution in [2.75, 3.05) is 7.11 Å². The zero-order chi connectivity index (χ0) is 14.8. The van der Waals surface area contributed by atoms with Crippen molar-refractivity contribution in [3.05, 3.63) is 21.9 Å². The number of nitrogens with zero attached hydrogens (tertiary/aromatic N) is 2. The van der Waals surface area contributed by atoms with E-state index in [4.69, 9.17) is 11.6 Å². The number of carbonyl (C=O) groups is 1. The van der Waals surface area contributed by atoms with Gasteiger partial charge in [-0.3, -0.25) is 4.79 Å². The van der Waals surface area contributed by atoms with Crippen molar-refractivity contribution in [1.29, 1.82) is 0 Å². The van der Waals surface area contributed by atoms with Crippen molar-refractivity contribution < 1.29 is 32.4 Å². The van der Waals surface area contributed by atoms with Gasteiger partial charge in [-0.15, -0.1) is 13.2 Å². The Bertz CT molecular complexity index is 534. The van der Waals surface area contributed by atoms with Crippen LogP contribution in [0, 0.1) is 10.1 Å². The Morgan fingerprint density at radius 2 is 2.05 bits per heavy atom. The summed E-state index contributed by atoms with van der Waals surface area (Å²) in [6, 6.07) is 0.508. The fraction of sp³-hybridized carbons (Fsp3) is 0.250. The molecule has 7 nitrogen and oxygen atoms in total. The molecule has 0 amide bonds. The van der Waals surface area contributed by atoms with Gasteiger partial charge in [0, 0.05) is 6.07 Å². The first-order valence-electron chi connectivity index (χ1n) is 4.34. The number of pyridine rings is 1. The zero-order valence-corrected chi connectivity index (χ0v) is 9.78. The molecule has 0 aliphatic carbocycles. The molecule has 1 aromatic rings. The van der Waals surface area contributed by atoms with Crippen LogP contribution in [0.3, 0.4) is 0 Å². The van der Waals surface area contributed by atoms with Crippen LogP contribution in [0.15, 0.2) is 6.07 Å². The summed E-state index contributed by atoms with van der Waals surface area (Å²) in [5.41, 5.74) is -1.04. The first-order chi connectivity index (χ1) is 8.65. The highest BCUT2D eigenvalue weighted by atomic mass is 35.5. The van der Waals surface area contributed by atoms with Crippen LogP contribution in [0.4, 0.5) is 19.0 Å². The molecular formula is C8H4ClF3N2O5. The third-order valence-corrected chi connectivity index (χ3v) is 1.92. The van der Waals surface area contributed by atoms with Crippen LogP contribution in [-0.4, -0.2) is 28.6 Å². The second-order valence-corrected chi connectivity index (χ2v) is 3.28. The molecular weight excluding hydrogens is 297 g/mol. The summed E-state index contributed by atoms with van der Waals surface area (Å²) in [6.45, 7) is 0. The molecule has 1 aromatic heterocycles. The van der Waals surface area contributed by atoms with Gasteiger partial charge in [-0.2, -0.15) is 0 Å². The molecule has 1 rings (SSSR count). The summed E-state index contributed by atoms with van der Waals surface area (Å²) in [4.78, 5) is 23.6. The molecule has 0 atom stereocenters. The molecule has 11 heteroatoms. The molecule has 0 bridgehead atoms. The van der Waals surface area contributed by atoms with Gasteiger partial charge in [0.25, 0.3) is 10.9 Å². The van der Waals surface area contributed by atoms with Crippen LogP contribution in [0.5, 0.6) is 11.5 Å². The van der Waals surface area contributed by atoms with E-state index in [0.29, 0.717) is 6.07 Å². The monoisotopic (exact) mass is 300 g/mol. The van der Waals surface area contributed by atoms with Crippen LogP contribution in [-0.2, 0) is 0 Å². The zero-order valence-electron chi connectivity index (χ0n) is 9.02. The van der Waals surface area contributed by atoms with Crippen molar-refractivity contribution in [3.63, 3.8) is 0 Å². The van der Waals surface area contributed by atoms with Gasteiger partial charge in [0.15, 0.2) is 5.75 Å². The molecule has 1 heterocycles. The molecule has 0 aliphatic rings. The van der Waals surface area contributed by atoms with E-state index in [1.54, 1.807) is 0 Å². The quantitative estimate of drug-likeness (QED) is 0.481. The smallest absolute Gasteiger partial charge is 0.489 e. The van der Waals surface area contributed by atoms with Crippen molar-refractivity contribution in [1.82, 2.24) is 4.98 Å². The third-order valence-electron chi connectivity index (χ3n) is 1.74. The molecule has 0 aromatic carbocycles. The van der Waals surface area contributed by atoms with Gasteiger partial charge in [0.05, 0.1) is 7.11 Å². The molecule has 0 spiro atoms. The minimum Gasteiger partial charge on any atom is -0.489 e. The third kappa shape index (κ3) is 3.68. The summed E-state index contributed by atoms with van der Waals surface area (Å²) in [5, 5.41) is 9.16. The lowest BCUT2D eigenvalue weighted by molar-refractivity contribution is -0.390. The van der Waals surface area contributed by atoms with Gasteiger partial charge in [-0.05, 0) is 21.5 Å². The van der Waals surface area contributed by atoms with E-state index in [0.717, 1.165) is 7.11 Å². The molecule has 104 valence electrons. The lowest BCUT2D eigenvalue weighted by atomic mass is 10.3. The number of ether oxygens (including phenoxy) is 2. The first kappa shape index (κ1) is 15.0. The molecule has 0 radical (unpaired) electrons. The average molecular weight is 301 g/mol. The number of rotatable bonds is 4. The summed E-state index contributed by atoms with van der Waals surface area (Å²) >= 11 is 5.00. The highest BCUT2D eigenvalue weighted by molar-refractivity contribution is 6.67. The second kappa shape index (κ2) is 5.26. The summed E-state index contributed by atoms with van der Waals surface area (Å²) in [5.74, 6) is -2.65. The SMILES string of the molecule is COc1cc(OC(F)(F)F)c(C(=O)Cl)nc1[N+](=O)[O-]. The maximum atomic E-state index is 12.1. The van der Waals surface area contributed by atoms with Gasteiger partial charge in [-0.1, -0.05) is 0 Å². The van der Waals surface area contributed by atoms with Crippen LogP contribution in [0.1, 0.15) is 10.5 Å². The average Bonchev–Trinajstić information content (AvgIpc) is 2.25. The van der Waals surface area contributed by atoms with E-state index >= 15 is 0 Å². The molecule has 0 aliphatic heterocycles. The Morgan fingerprint density at radius 1 is 1.47 bits per heavy atom. The van der Waals surface area contributed by atoms with E-state index in [1.807, 2.05) is 0 Å². The largest absolute Gasteiger partial charge is 0.573 e. The van der Waals surface area contributed by atoms with Crippen LogP contribution >= 0.6 is 11.6 Å². The van der Waals surface area contributed by atoms with E-state index in [1.165, 1.54) is 0 Å². The van der Waals surface area contributed by atoms with Crippen molar-refractivity contribution >= 4 is 22.7 Å². The van der Waals surface area contributed by atoms with Crippen LogP contribution in [0.2, 0.25) is 0 Å². The molecule has 0 saturated carbocycles. The van der Waals surface area contributed by atoms with E-state index in [-0.39, 0.29) is 0 Å². The number of aromatic nitrogens is 1. The predicted molar refractivity (Wildman–Crippen MR) is 54.3 cm³/mol. The van der Waals surface area contributed by atoms with Crippen LogP contribution in [0.25, 0.3) is 0 Å². The number of methoxy groups -OCH3 is 1. The maximum absolute atomic E-state index is 12.1. The number of hydrogen-bond acceptors (Lipinski definition) is 6. The Hall–Kier alpha value is -2.10. The van der Waals surface area contributed by atoms with Gasteiger partial charge in [-0.25, -0.2) is 0 Å². The number of hydrogen-bond donors (Lipinski definition) is 0. The fourth-order valence-electron chi connectivity index (χ4n) is 1.09. The van der Waals surface area contributed by atoms with E-state index in [2.05, 4.69) is 14.5 Å².